The van der Waals surface area contributed by atoms with Gasteiger partial charge in [-0.25, -0.2) is 9.80 Å². The molecule has 1 aromatic rings. The lowest BCUT2D eigenvalue weighted by Gasteiger charge is -2.32. The normalized spacial score (nSPS) is 17.9. The Morgan fingerprint density at radius 3 is 2.43 bits per heavy atom. The second kappa shape index (κ2) is 5.08. The van der Waals surface area contributed by atoms with E-state index in [1.54, 1.807) is 12.1 Å². The Balaban J connectivity index is 2.02. The lowest BCUT2D eigenvalue weighted by molar-refractivity contribution is -0.122. The molecular formula is C15H16N4O4. The molecule has 0 aromatic heterocycles. The molecule has 1 saturated heterocycles. The van der Waals surface area contributed by atoms with E-state index in [1.807, 2.05) is 13.8 Å². The van der Waals surface area contributed by atoms with E-state index in [0.29, 0.717) is 0 Å². The number of nitrogens with zero attached hydrogens (tertiary/aromatic N) is 2. The van der Waals surface area contributed by atoms with Crippen LogP contribution in [0.25, 0.3) is 0 Å². The topological polar surface area (TPSA) is 113 Å². The molecule has 1 aromatic carbocycles. The van der Waals surface area contributed by atoms with Crippen LogP contribution in [-0.4, -0.2) is 40.3 Å². The first-order valence-electron chi connectivity index (χ1n) is 7.24. The van der Waals surface area contributed by atoms with E-state index in [-0.39, 0.29) is 35.7 Å². The fraction of sp³-hybridized carbons (Fsp3) is 0.333. The van der Waals surface area contributed by atoms with Crippen molar-refractivity contribution in [2.45, 2.75) is 26.2 Å². The minimum atomic E-state index is -0.793. The van der Waals surface area contributed by atoms with E-state index >= 15 is 0 Å². The summed E-state index contributed by atoms with van der Waals surface area (Å²) in [5, 5.41) is 3.79. The van der Waals surface area contributed by atoms with Gasteiger partial charge in [-0.05, 0) is 23.6 Å². The molecule has 5 amide bonds. The molecule has 0 aliphatic carbocycles. The van der Waals surface area contributed by atoms with Crippen molar-refractivity contribution in [3.63, 3.8) is 0 Å². The summed E-state index contributed by atoms with van der Waals surface area (Å²) < 4.78 is 0. The summed E-state index contributed by atoms with van der Waals surface area (Å²) in [5.74, 6) is -1.56. The SMILES string of the molecule is CC(C)c1cc(N)c2c(c1)C(=O)N(N1CCC(=O)NC1=O)C2=O. The number of anilines is 1. The second-order valence-corrected chi connectivity index (χ2v) is 5.84. The van der Waals surface area contributed by atoms with Crippen molar-refractivity contribution in [2.24, 2.45) is 0 Å². The third-order valence-electron chi connectivity index (χ3n) is 3.96. The number of benzene rings is 1. The largest absolute Gasteiger partial charge is 0.398 e. The maximum Gasteiger partial charge on any atom is 0.343 e. The molecule has 120 valence electrons. The van der Waals surface area contributed by atoms with Gasteiger partial charge in [-0.1, -0.05) is 13.8 Å². The van der Waals surface area contributed by atoms with E-state index in [1.165, 1.54) is 0 Å². The molecule has 0 atom stereocenters. The van der Waals surface area contributed by atoms with Crippen molar-refractivity contribution < 1.29 is 19.2 Å². The highest BCUT2D eigenvalue weighted by Crippen LogP contribution is 2.32. The number of rotatable bonds is 2. The second-order valence-electron chi connectivity index (χ2n) is 5.84. The van der Waals surface area contributed by atoms with E-state index in [9.17, 15) is 19.2 Å². The van der Waals surface area contributed by atoms with Crippen LogP contribution in [0.4, 0.5) is 10.5 Å². The highest BCUT2D eigenvalue weighted by atomic mass is 16.2. The summed E-state index contributed by atoms with van der Waals surface area (Å²) in [7, 11) is 0. The number of hydrogen-bond acceptors (Lipinski definition) is 5. The van der Waals surface area contributed by atoms with E-state index in [0.717, 1.165) is 15.6 Å². The standard InChI is InChI=1S/C15H16N4O4/c1-7(2)8-5-9-12(10(16)6-8)14(22)19(13(9)21)18-4-3-11(20)17-15(18)23/h5-7H,3-4,16H2,1-2H3,(H,17,20,23). The number of hydrazine groups is 1. The third-order valence-corrected chi connectivity index (χ3v) is 3.96. The molecule has 0 spiro atoms. The minimum absolute atomic E-state index is 0.0197. The highest BCUT2D eigenvalue weighted by molar-refractivity contribution is 6.24. The fourth-order valence-electron chi connectivity index (χ4n) is 2.71. The molecule has 0 unspecified atom stereocenters. The monoisotopic (exact) mass is 316 g/mol. The molecule has 8 heteroatoms. The Hall–Kier alpha value is -2.90. The van der Waals surface area contributed by atoms with Crippen molar-refractivity contribution in [1.82, 2.24) is 15.3 Å². The van der Waals surface area contributed by atoms with E-state index < -0.39 is 23.8 Å². The number of carbonyl (C=O) groups excluding carboxylic acids is 4. The predicted molar refractivity (Wildman–Crippen MR) is 80.3 cm³/mol. The van der Waals surface area contributed by atoms with E-state index in [2.05, 4.69) is 5.32 Å². The highest BCUT2D eigenvalue weighted by Gasteiger charge is 2.44. The van der Waals surface area contributed by atoms with Crippen LogP contribution >= 0.6 is 0 Å². The Bertz CT molecular complexity index is 756. The van der Waals surface area contributed by atoms with Gasteiger partial charge in [-0.2, -0.15) is 5.01 Å². The number of nitrogens with one attached hydrogen (secondary N) is 1. The molecule has 2 heterocycles. The lowest BCUT2D eigenvalue weighted by atomic mass is 9.97. The Kier molecular flexibility index (Phi) is 3.32. The van der Waals surface area contributed by atoms with Gasteiger partial charge in [0.15, 0.2) is 0 Å². The van der Waals surface area contributed by atoms with Crippen LogP contribution in [0, 0.1) is 0 Å². The van der Waals surface area contributed by atoms with Crippen molar-refractivity contribution in [3.8, 4) is 0 Å². The Morgan fingerprint density at radius 1 is 1.13 bits per heavy atom. The zero-order valence-corrected chi connectivity index (χ0v) is 12.8. The van der Waals surface area contributed by atoms with Crippen LogP contribution in [0.3, 0.4) is 0 Å². The van der Waals surface area contributed by atoms with Gasteiger partial charge in [0.2, 0.25) is 5.91 Å². The van der Waals surface area contributed by atoms with Gasteiger partial charge in [-0.3, -0.25) is 19.7 Å². The molecular weight excluding hydrogens is 300 g/mol. The molecule has 0 saturated carbocycles. The number of hydrogen-bond donors (Lipinski definition) is 2. The molecule has 3 rings (SSSR count). The number of imide groups is 2. The molecule has 3 N–H and O–H groups in total. The van der Waals surface area contributed by atoms with Crippen LogP contribution in [0.1, 0.15) is 52.5 Å². The zero-order chi connectivity index (χ0) is 16.9. The number of nitrogens with two attached hydrogens (primary N) is 1. The smallest absolute Gasteiger partial charge is 0.343 e. The maximum absolute atomic E-state index is 12.6. The van der Waals surface area contributed by atoms with Gasteiger partial charge in [0.05, 0.1) is 17.7 Å². The summed E-state index contributed by atoms with van der Waals surface area (Å²) in [6, 6.07) is 2.50. The van der Waals surface area contributed by atoms with Crippen LogP contribution in [0.15, 0.2) is 12.1 Å². The van der Waals surface area contributed by atoms with Gasteiger partial charge in [0, 0.05) is 12.1 Å². The van der Waals surface area contributed by atoms with E-state index in [4.69, 9.17) is 5.73 Å². The predicted octanol–water partition coefficient (Wildman–Crippen LogP) is 0.845. The molecule has 1 fully saturated rings. The Morgan fingerprint density at radius 2 is 1.83 bits per heavy atom. The average Bonchev–Trinajstić information content (AvgIpc) is 2.72. The van der Waals surface area contributed by atoms with Crippen molar-refractivity contribution in [2.75, 3.05) is 12.3 Å². The maximum atomic E-state index is 12.6. The number of carbonyl (C=O) groups is 4. The summed E-state index contributed by atoms with van der Waals surface area (Å²) in [6.45, 7) is 3.86. The number of urea groups is 1. The minimum Gasteiger partial charge on any atom is -0.398 e. The van der Waals surface area contributed by atoms with Crippen LogP contribution < -0.4 is 11.1 Å². The van der Waals surface area contributed by atoms with Crippen LogP contribution in [-0.2, 0) is 4.79 Å². The van der Waals surface area contributed by atoms with Crippen molar-refractivity contribution in [1.29, 1.82) is 0 Å². The van der Waals surface area contributed by atoms with Gasteiger partial charge in [-0.15, -0.1) is 0 Å². The quantitative estimate of drug-likeness (QED) is 0.620. The first-order valence-corrected chi connectivity index (χ1v) is 7.24. The van der Waals surface area contributed by atoms with Crippen LogP contribution in [0.2, 0.25) is 0 Å². The van der Waals surface area contributed by atoms with Crippen molar-refractivity contribution in [3.05, 3.63) is 28.8 Å². The van der Waals surface area contributed by atoms with Crippen LogP contribution in [0.5, 0.6) is 0 Å². The average molecular weight is 316 g/mol. The molecule has 23 heavy (non-hydrogen) atoms. The molecule has 2 aliphatic heterocycles. The Labute approximate surface area is 132 Å². The number of fused-ring (bicyclic) bond motifs is 1. The third kappa shape index (κ3) is 2.23. The van der Waals surface area contributed by atoms with Crippen molar-refractivity contribution >= 4 is 29.4 Å². The molecule has 8 nitrogen and oxygen atoms in total. The first-order chi connectivity index (χ1) is 10.8. The number of nitrogen functional groups attached to an aromatic ring is 1. The fourth-order valence-corrected chi connectivity index (χ4v) is 2.71. The molecule has 0 radical (unpaired) electrons. The molecule has 2 aliphatic rings. The summed E-state index contributed by atoms with van der Waals surface area (Å²) in [4.78, 5) is 48.3. The van der Waals surface area contributed by atoms with Gasteiger partial charge < -0.3 is 5.73 Å². The van der Waals surface area contributed by atoms with Gasteiger partial charge >= 0.3 is 6.03 Å². The first kappa shape index (κ1) is 15.0. The zero-order valence-electron chi connectivity index (χ0n) is 12.8. The summed E-state index contributed by atoms with van der Waals surface area (Å²) >= 11 is 0. The summed E-state index contributed by atoms with van der Waals surface area (Å²) in [5.41, 5.74) is 7.27. The lowest BCUT2D eigenvalue weighted by Crippen LogP contribution is -2.58. The van der Waals surface area contributed by atoms with Gasteiger partial charge in [0.1, 0.15) is 0 Å². The molecule has 0 bridgehead atoms. The van der Waals surface area contributed by atoms with Gasteiger partial charge in [0.25, 0.3) is 11.8 Å². The number of amides is 5. The summed E-state index contributed by atoms with van der Waals surface area (Å²) in [6.07, 6.45) is 0.0197.